The third kappa shape index (κ3) is 3.73. The van der Waals surface area contributed by atoms with Gasteiger partial charge in [-0.25, -0.2) is 0 Å². The molecule has 0 aliphatic carbocycles. The number of hydrogen-bond acceptors (Lipinski definition) is 3. The largest absolute Gasteiger partial charge is 0.457 e. The van der Waals surface area contributed by atoms with E-state index in [0.29, 0.717) is 17.4 Å². The number of hydrogen-bond donors (Lipinski definition) is 1. The monoisotopic (exact) mass is 291 g/mol. The first kappa shape index (κ1) is 14.9. The third-order valence-corrected chi connectivity index (χ3v) is 3.23. The summed E-state index contributed by atoms with van der Waals surface area (Å²) in [6.45, 7) is 2.46. The van der Waals surface area contributed by atoms with Crippen LogP contribution < -0.4 is 10.5 Å². The molecule has 0 spiro atoms. The Hall–Kier alpha value is -1.55. The normalized spacial score (nSPS) is 12.2. The highest BCUT2D eigenvalue weighted by Crippen LogP contribution is 2.29. The molecular weight excluding hydrogens is 274 g/mol. The van der Waals surface area contributed by atoms with Gasteiger partial charge in [0, 0.05) is 18.2 Å². The van der Waals surface area contributed by atoms with Crippen LogP contribution in [0.3, 0.4) is 0 Å². The molecule has 20 heavy (non-hydrogen) atoms. The number of nitrogens with two attached hydrogens (primary N) is 1. The molecule has 3 nitrogen and oxygen atoms in total. The fourth-order valence-corrected chi connectivity index (χ4v) is 2.28. The molecule has 1 atom stereocenters. The molecule has 0 radical (unpaired) electrons. The first-order valence-corrected chi connectivity index (χ1v) is 6.78. The van der Waals surface area contributed by atoms with Crippen molar-refractivity contribution in [2.24, 2.45) is 5.73 Å². The summed E-state index contributed by atoms with van der Waals surface area (Å²) in [5, 5.41) is 0.616. The van der Waals surface area contributed by atoms with E-state index in [2.05, 4.69) is 0 Å². The molecule has 0 aromatic heterocycles. The summed E-state index contributed by atoms with van der Waals surface area (Å²) in [4.78, 5) is 0. The highest BCUT2D eigenvalue weighted by atomic mass is 35.5. The van der Waals surface area contributed by atoms with E-state index in [9.17, 15) is 0 Å². The van der Waals surface area contributed by atoms with E-state index in [1.54, 1.807) is 13.2 Å². The van der Waals surface area contributed by atoms with Gasteiger partial charge in [-0.15, -0.1) is 0 Å². The third-order valence-electron chi connectivity index (χ3n) is 2.91. The van der Waals surface area contributed by atoms with Crippen molar-refractivity contribution in [1.29, 1.82) is 0 Å². The molecule has 0 heterocycles. The summed E-state index contributed by atoms with van der Waals surface area (Å²) >= 11 is 6.19. The first-order valence-electron chi connectivity index (χ1n) is 6.41. The van der Waals surface area contributed by atoms with Crippen LogP contribution in [0.5, 0.6) is 11.5 Å². The lowest BCUT2D eigenvalue weighted by Crippen LogP contribution is -2.05. The van der Waals surface area contributed by atoms with E-state index < -0.39 is 0 Å². The Labute approximate surface area is 124 Å². The van der Waals surface area contributed by atoms with Crippen LogP contribution in [0.15, 0.2) is 42.5 Å². The van der Waals surface area contributed by atoms with Gasteiger partial charge < -0.3 is 15.2 Å². The molecule has 4 heteroatoms. The first-order chi connectivity index (χ1) is 9.60. The summed E-state index contributed by atoms with van der Waals surface area (Å²) in [5.41, 5.74) is 7.80. The van der Waals surface area contributed by atoms with E-state index in [-0.39, 0.29) is 6.04 Å². The standard InChI is InChI=1S/C16H18ClNO2/c1-11(18)15-7-6-14(9-16(15)17)20-13-5-3-4-12(8-13)10-19-2/h3-9,11H,10,18H2,1-2H3. The summed E-state index contributed by atoms with van der Waals surface area (Å²) in [6, 6.07) is 13.2. The van der Waals surface area contributed by atoms with E-state index in [4.69, 9.17) is 26.8 Å². The van der Waals surface area contributed by atoms with Gasteiger partial charge >= 0.3 is 0 Å². The molecule has 2 N–H and O–H groups in total. The van der Waals surface area contributed by atoms with E-state index in [1.165, 1.54) is 0 Å². The molecule has 2 aromatic rings. The maximum Gasteiger partial charge on any atom is 0.128 e. The molecule has 106 valence electrons. The Morgan fingerprint density at radius 3 is 2.55 bits per heavy atom. The van der Waals surface area contributed by atoms with Crippen LogP contribution >= 0.6 is 11.6 Å². The molecule has 0 aliphatic heterocycles. The molecule has 2 rings (SSSR count). The number of rotatable bonds is 5. The van der Waals surface area contributed by atoms with Gasteiger partial charge in [-0.2, -0.15) is 0 Å². The second-order valence-corrected chi connectivity index (χ2v) is 5.06. The maximum absolute atomic E-state index is 6.19. The molecule has 0 bridgehead atoms. The van der Waals surface area contributed by atoms with Crippen molar-refractivity contribution < 1.29 is 9.47 Å². The zero-order chi connectivity index (χ0) is 14.5. The molecule has 0 saturated carbocycles. The molecule has 0 saturated heterocycles. The van der Waals surface area contributed by atoms with Crippen molar-refractivity contribution in [2.45, 2.75) is 19.6 Å². The average molecular weight is 292 g/mol. The fourth-order valence-electron chi connectivity index (χ4n) is 1.94. The van der Waals surface area contributed by atoms with Crippen molar-refractivity contribution in [3.8, 4) is 11.5 Å². The Kier molecular flexibility index (Phi) is 5.01. The summed E-state index contributed by atoms with van der Waals surface area (Å²) in [6.07, 6.45) is 0. The Morgan fingerprint density at radius 1 is 1.15 bits per heavy atom. The lowest BCUT2D eigenvalue weighted by molar-refractivity contribution is 0.184. The van der Waals surface area contributed by atoms with E-state index in [1.807, 2.05) is 43.3 Å². The van der Waals surface area contributed by atoms with Gasteiger partial charge in [0.25, 0.3) is 0 Å². The van der Waals surface area contributed by atoms with Gasteiger partial charge in [0.15, 0.2) is 0 Å². The molecule has 2 aromatic carbocycles. The van der Waals surface area contributed by atoms with E-state index in [0.717, 1.165) is 16.9 Å². The number of benzene rings is 2. The van der Waals surface area contributed by atoms with Crippen LogP contribution in [0.25, 0.3) is 0 Å². The van der Waals surface area contributed by atoms with Crippen molar-refractivity contribution in [3.63, 3.8) is 0 Å². The van der Waals surface area contributed by atoms with Crippen LogP contribution in [-0.2, 0) is 11.3 Å². The van der Waals surface area contributed by atoms with Gasteiger partial charge in [-0.1, -0.05) is 29.8 Å². The van der Waals surface area contributed by atoms with Crippen LogP contribution in [0.2, 0.25) is 5.02 Å². The quantitative estimate of drug-likeness (QED) is 0.893. The molecule has 0 amide bonds. The maximum atomic E-state index is 6.19. The zero-order valence-corrected chi connectivity index (χ0v) is 12.4. The molecule has 1 unspecified atom stereocenters. The van der Waals surface area contributed by atoms with Gasteiger partial charge in [0.05, 0.1) is 6.61 Å². The minimum Gasteiger partial charge on any atom is -0.457 e. The van der Waals surface area contributed by atoms with Gasteiger partial charge in [-0.3, -0.25) is 0 Å². The van der Waals surface area contributed by atoms with Crippen LogP contribution in [0, 0.1) is 0 Å². The molecular formula is C16H18ClNO2. The fraction of sp³-hybridized carbons (Fsp3) is 0.250. The Bertz CT molecular complexity index is 584. The van der Waals surface area contributed by atoms with Crippen molar-refractivity contribution in [1.82, 2.24) is 0 Å². The van der Waals surface area contributed by atoms with Gasteiger partial charge in [0.2, 0.25) is 0 Å². The summed E-state index contributed by atoms with van der Waals surface area (Å²) < 4.78 is 10.9. The molecule has 0 fully saturated rings. The second-order valence-electron chi connectivity index (χ2n) is 4.65. The van der Waals surface area contributed by atoms with Crippen LogP contribution in [0.4, 0.5) is 0 Å². The average Bonchev–Trinajstić information content (AvgIpc) is 2.39. The predicted molar refractivity (Wildman–Crippen MR) is 81.3 cm³/mol. The lowest BCUT2D eigenvalue weighted by atomic mass is 10.1. The van der Waals surface area contributed by atoms with Crippen molar-refractivity contribution in [2.75, 3.05) is 7.11 Å². The number of ether oxygens (including phenoxy) is 2. The number of methoxy groups -OCH3 is 1. The van der Waals surface area contributed by atoms with Gasteiger partial charge in [-0.05, 0) is 42.3 Å². The van der Waals surface area contributed by atoms with Gasteiger partial charge in [0.1, 0.15) is 11.5 Å². The summed E-state index contributed by atoms with van der Waals surface area (Å²) in [5.74, 6) is 1.44. The van der Waals surface area contributed by atoms with Crippen molar-refractivity contribution in [3.05, 3.63) is 58.6 Å². The summed E-state index contributed by atoms with van der Waals surface area (Å²) in [7, 11) is 1.67. The smallest absolute Gasteiger partial charge is 0.128 e. The zero-order valence-electron chi connectivity index (χ0n) is 11.6. The Morgan fingerprint density at radius 2 is 1.90 bits per heavy atom. The minimum absolute atomic E-state index is 0.0958. The lowest BCUT2D eigenvalue weighted by Gasteiger charge is -2.11. The highest BCUT2D eigenvalue weighted by Gasteiger charge is 2.07. The second kappa shape index (κ2) is 6.75. The molecule has 0 aliphatic rings. The van der Waals surface area contributed by atoms with Crippen LogP contribution in [-0.4, -0.2) is 7.11 Å². The topological polar surface area (TPSA) is 44.5 Å². The number of halogens is 1. The van der Waals surface area contributed by atoms with E-state index >= 15 is 0 Å². The minimum atomic E-state index is -0.0958. The van der Waals surface area contributed by atoms with Crippen LogP contribution in [0.1, 0.15) is 24.1 Å². The Balaban J connectivity index is 2.17. The van der Waals surface area contributed by atoms with Crippen molar-refractivity contribution >= 4 is 11.6 Å². The highest BCUT2D eigenvalue weighted by molar-refractivity contribution is 6.31. The SMILES string of the molecule is COCc1cccc(Oc2ccc(C(C)N)c(Cl)c2)c1. The predicted octanol–water partition coefficient (Wildman–Crippen LogP) is 4.30.